The van der Waals surface area contributed by atoms with E-state index in [0.717, 1.165) is 5.56 Å². The lowest BCUT2D eigenvalue weighted by molar-refractivity contribution is -0.138. The first-order valence-electron chi connectivity index (χ1n) is 5.90. The molecular formula is C15H11Cl3O2. The molecule has 0 spiro atoms. The molecule has 0 aromatic heterocycles. The number of carboxylic acid groups (broad SMARTS) is 1. The molecule has 0 fully saturated rings. The van der Waals surface area contributed by atoms with Gasteiger partial charge in [0.25, 0.3) is 0 Å². The second-order valence-electron chi connectivity index (χ2n) is 4.36. The first-order chi connectivity index (χ1) is 9.49. The maximum absolute atomic E-state index is 11.5. The monoisotopic (exact) mass is 328 g/mol. The van der Waals surface area contributed by atoms with E-state index in [4.69, 9.17) is 34.8 Å². The lowest BCUT2D eigenvalue weighted by atomic mass is 9.92. The normalized spacial score (nSPS) is 12.2. The van der Waals surface area contributed by atoms with Gasteiger partial charge in [0.1, 0.15) is 0 Å². The summed E-state index contributed by atoms with van der Waals surface area (Å²) in [5.41, 5.74) is 1.30. The highest BCUT2D eigenvalue weighted by molar-refractivity contribution is 6.36. The minimum Gasteiger partial charge on any atom is -0.481 e. The van der Waals surface area contributed by atoms with E-state index in [1.54, 1.807) is 42.5 Å². The predicted molar refractivity (Wildman–Crippen MR) is 82.0 cm³/mol. The average molecular weight is 330 g/mol. The molecule has 0 heterocycles. The van der Waals surface area contributed by atoms with Crippen molar-refractivity contribution in [3.05, 3.63) is 68.7 Å². The van der Waals surface area contributed by atoms with Crippen LogP contribution in [0.15, 0.2) is 42.5 Å². The van der Waals surface area contributed by atoms with Crippen molar-refractivity contribution in [3.63, 3.8) is 0 Å². The van der Waals surface area contributed by atoms with Crippen LogP contribution in [0, 0.1) is 0 Å². The number of aliphatic carboxylic acids is 1. The molecule has 20 heavy (non-hydrogen) atoms. The molecule has 0 aliphatic heterocycles. The van der Waals surface area contributed by atoms with E-state index in [-0.39, 0.29) is 0 Å². The first kappa shape index (κ1) is 15.2. The van der Waals surface area contributed by atoms with E-state index >= 15 is 0 Å². The number of carboxylic acids is 1. The minimum absolute atomic E-state index is 0.302. The van der Waals surface area contributed by atoms with Gasteiger partial charge in [-0.2, -0.15) is 0 Å². The van der Waals surface area contributed by atoms with Gasteiger partial charge in [-0.1, -0.05) is 53.0 Å². The molecule has 0 radical (unpaired) electrons. The third kappa shape index (κ3) is 3.45. The number of carbonyl (C=O) groups is 1. The van der Waals surface area contributed by atoms with Crippen LogP contribution in [-0.4, -0.2) is 11.1 Å². The van der Waals surface area contributed by atoms with Crippen LogP contribution < -0.4 is 0 Å². The zero-order chi connectivity index (χ0) is 14.7. The molecule has 0 unspecified atom stereocenters. The summed E-state index contributed by atoms with van der Waals surface area (Å²) in [5.74, 6) is -1.76. The maximum Gasteiger partial charge on any atom is 0.311 e. The molecule has 0 saturated carbocycles. The third-order valence-corrected chi connectivity index (χ3v) is 3.91. The number of hydrogen-bond acceptors (Lipinski definition) is 1. The van der Waals surface area contributed by atoms with E-state index < -0.39 is 11.9 Å². The maximum atomic E-state index is 11.5. The molecule has 2 nitrogen and oxygen atoms in total. The Morgan fingerprint density at radius 2 is 1.55 bits per heavy atom. The fourth-order valence-electron chi connectivity index (χ4n) is 2.01. The molecule has 1 atom stereocenters. The highest BCUT2D eigenvalue weighted by Crippen LogP contribution is 2.34. The summed E-state index contributed by atoms with van der Waals surface area (Å²) in [6.07, 6.45) is 0.302. The van der Waals surface area contributed by atoms with Crippen molar-refractivity contribution in [1.29, 1.82) is 0 Å². The van der Waals surface area contributed by atoms with Gasteiger partial charge in [0.05, 0.1) is 5.92 Å². The highest BCUT2D eigenvalue weighted by atomic mass is 35.5. The van der Waals surface area contributed by atoms with Crippen molar-refractivity contribution in [3.8, 4) is 0 Å². The van der Waals surface area contributed by atoms with Gasteiger partial charge in [0, 0.05) is 20.6 Å². The summed E-state index contributed by atoms with van der Waals surface area (Å²) in [6, 6.07) is 12.0. The van der Waals surface area contributed by atoms with Crippen LogP contribution in [0.1, 0.15) is 17.0 Å². The fourth-order valence-corrected chi connectivity index (χ4v) is 2.80. The molecule has 2 aromatic rings. The second kappa shape index (κ2) is 6.49. The Balaban J connectivity index is 2.37. The standard InChI is InChI=1S/C15H11Cl3O2/c16-10-6-4-9(5-7-10)8-11(15(19)20)14-12(17)2-1-3-13(14)18/h1-7,11H,8H2,(H,19,20)/t11-/m0/s1. The molecule has 5 heteroatoms. The van der Waals surface area contributed by atoms with Crippen LogP contribution in [0.2, 0.25) is 15.1 Å². The summed E-state index contributed by atoms with van der Waals surface area (Å²) >= 11 is 18.0. The van der Waals surface area contributed by atoms with Crippen molar-refractivity contribution in [2.45, 2.75) is 12.3 Å². The van der Waals surface area contributed by atoms with Crippen molar-refractivity contribution >= 4 is 40.8 Å². The fraction of sp³-hybridized carbons (Fsp3) is 0.133. The lowest BCUT2D eigenvalue weighted by Gasteiger charge is -2.16. The molecule has 0 bridgehead atoms. The number of hydrogen-bond donors (Lipinski definition) is 1. The van der Waals surface area contributed by atoms with E-state index in [0.29, 0.717) is 27.1 Å². The van der Waals surface area contributed by atoms with Gasteiger partial charge >= 0.3 is 5.97 Å². The largest absolute Gasteiger partial charge is 0.481 e. The number of halogens is 3. The van der Waals surface area contributed by atoms with Crippen LogP contribution in [0.5, 0.6) is 0 Å². The molecule has 2 rings (SSSR count). The van der Waals surface area contributed by atoms with E-state index in [1.165, 1.54) is 0 Å². The van der Waals surface area contributed by atoms with Gasteiger partial charge in [-0.3, -0.25) is 4.79 Å². The Morgan fingerprint density at radius 3 is 2.05 bits per heavy atom. The minimum atomic E-state index is -0.963. The van der Waals surface area contributed by atoms with Crippen LogP contribution in [0.3, 0.4) is 0 Å². The van der Waals surface area contributed by atoms with Gasteiger partial charge in [-0.15, -0.1) is 0 Å². The second-order valence-corrected chi connectivity index (χ2v) is 5.61. The van der Waals surface area contributed by atoms with Crippen LogP contribution in [0.25, 0.3) is 0 Å². The first-order valence-corrected chi connectivity index (χ1v) is 7.03. The van der Waals surface area contributed by atoms with E-state index in [2.05, 4.69) is 0 Å². The summed E-state index contributed by atoms with van der Waals surface area (Å²) in [6.45, 7) is 0. The van der Waals surface area contributed by atoms with Gasteiger partial charge in [-0.05, 0) is 36.2 Å². The highest BCUT2D eigenvalue weighted by Gasteiger charge is 2.25. The quantitative estimate of drug-likeness (QED) is 0.851. The van der Waals surface area contributed by atoms with Crippen LogP contribution in [0.4, 0.5) is 0 Å². The Labute approximate surface area is 131 Å². The Kier molecular flexibility index (Phi) is 4.92. The van der Waals surface area contributed by atoms with Crippen molar-refractivity contribution in [1.82, 2.24) is 0 Å². The summed E-state index contributed by atoms with van der Waals surface area (Å²) in [7, 11) is 0. The lowest BCUT2D eigenvalue weighted by Crippen LogP contribution is -2.15. The average Bonchev–Trinajstić information content (AvgIpc) is 2.39. The SMILES string of the molecule is O=C(O)[C@@H](Cc1ccc(Cl)cc1)c1c(Cl)cccc1Cl. The Morgan fingerprint density at radius 1 is 1.00 bits per heavy atom. The van der Waals surface area contributed by atoms with E-state index in [1.807, 2.05) is 0 Å². The summed E-state index contributed by atoms with van der Waals surface area (Å²) in [4.78, 5) is 11.5. The van der Waals surface area contributed by atoms with Crippen molar-refractivity contribution in [2.75, 3.05) is 0 Å². The van der Waals surface area contributed by atoms with Gasteiger partial charge in [0.15, 0.2) is 0 Å². The molecule has 0 aliphatic carbocycles. The Hall–Kier alpha value is -1.22. The molecule has 104 valence electrons. The van der Waals surface area contributed by atoms with Gasteiger partial charge < -0.3 is 5.11 Å². The smallest absolute Gasteiger partial charge is 0.311 e. The summed E-state index contributed by atoms with van der Waals surface area (Å²) in [5, 5.41) is 10.8. The topological polar surface area (TPSA) is 37.3 Å². The van der Waals surface area contributed by atoms with E-state index in [9.17, 15) is 9.90 Å². The number of rotatable bonds is 4. The van der Waals surface area contributed by atoms with Gasteiger partial charge in [0.2, 0.25) is 0 Å². The molecule has 0 aliphatic rings. The molecule has 2 aromatic carbocycles. The number of benzene rings is 2. The van der Waals surface area contributed by atoms with Gasteiger partial charge in [-0.25, -0.2) is 0 Å². The summed E-state index contributed by atoms with van der Waals surface area (Å²) < 4.78 is 0. The predicted octanol–water partition coefficient (Wildman–Crippen LogP) is 5.06. The van der Waals surface area contributed by atoms with Crippen molar-refractivity contribution in [2.24, 2.45) is 0 Å². The van der Waals surface area contributed by atoms with Crippen LogP contribution in [-0.2, 0) is 11.2 Å². The zero-order valence-corrected chi connectivity index (χ0v) is 12.6. The third-order valence-electron chi connectivity index (χ3n) is 3.00. The molecule has 1 N–H and O–H groups in total. The van der Waals surface area contributed by atoms with Crippen LogP contribution >= 0.6 is 34.8 Å². The zero-order valence-electron chi connectivity index (χ0n) is 10.3. The molecule has 0 amide bonds. The van der Waals surface area contributed by atoms with Crippen molar-refractivity contribution < 1.29 is 9.90 Å². The molecular weight excluding hydrogens is 319 g/mol. The molecule has 0 saturated heterocycles. The Bertz CT molecular complexity index is 603.